The van der Waals surface area contributed by atoms with Crippen molar-refractivity contribution in [3.8, 4) is 0 Å². The van der Waals surface area contributed by atoms with Gasteiger partial charge in [-0.1, -0.05) is 17.7 Å². The van der Waals surface area contributed by atoms with E-state index in [4.69, 9.17) is 11.6 Å². The van der Waals surface area contributed by atoms with Gasteiger partial charge in [-0.2, -0.15) is 13.2 Å². The van der Waals surface area contributed by atoms with Crippen molar-refractivity contribution in [1.29, 1.82) is 0 Å². The highest BCUT2D eigenvalue weighted by atomic mass is 35.5. The van der Waals surface area contributed by atoms with Gasteiger partial charge in [-0.05, 0) is 43.7 Å². The van der Waals surface area contributed by atoms with E-state index in [0.717, 1.165) is 18.9 Å². The maximum atomic E-state index is 12.8. The number of hydrogen-bond donors (Lipinski definition) is 1. The predicted molar refractivity (Wildman–Crippen MR) is 84.1 cm³/mol. The summed E-state index contributed by atoms with van der Waals surface area (Å²) < 4.78 is 38.4. The monoisotopic (exact) mass is 346 g/mol. The molecule has 1 heterocycles. The number of halogens is 4. The Morgan fingerprint density at radius 1 is 1.35 bits per heavy atom. The van der Waals surface area contributed by atoms with Crippen LogP contribution in [0, 0.1) is 0 Å². The van der Waals surface area contributed by atoms with Crippen LogP contribution in [0.2, 0.25) is 5.02 Å². The molecule has 1 aromatic carbocycles. The molecule has 1 fully saturated rings. The minimum atomic E-state index is -4.51. The number of hydrogen-bond acceptors (Lipinski definition) is 2. The fourth-order valence-electron chi connectivity index (χ4n) is 2.53. The van der Waals surface area contributed by atoms with E-state index < -0.39 is 11.7 Å². The Morgan fingerprint density at radius 2 is 2.00 bits per heavy atom. The Morgan fingerprint density at radius 3 is 2.57 bits per heavy atom. The zero-order valence-corrected chi connectivity index (χ0v) is 13.4. The van der Waals surface area contributed by atoms with E-state index in [2.05, 4.69) is 5.32 Å². The molecular formula is C16H18ClF3N2O. The average Bonchev–Trinajstić information content (AvgIpc) is 2.52. The van der Waals surface area contributed by atoms with Gasteiger partial charge in [0, 0.05) is 25.2 Å². The van der Waals surface area contributed by atoms with Gasteiger partial charge in [0.25, 0.3) is 0 Å². The van der Waals surface area contributed by atoms with Crippen LogP contribution in [-0.2, 0) is 11.0 Å². The number of alkyl halides is 3. The van der Waals surface area contributed by atoms with Gasteiger partial charge in [0.1, 0.15) is 0 Å². The number of nitrogens with zero attached hydrogens (tertiary/aromatic N) is 1. The minimum Gasteiger partial charge on any atom is -0.339 e. The average molecular weight is 347 g/mol. The fraction of sp³-hybridized carbons (Fsp3) is 0.438. The molecule has 3 nitrogen and oxygen atoms in total. The van der Waals surface area contributed by atoms with E-state index in [1.807, 2.05) is 7.05 Å². The lowest BCUT2D eigenvalue weighted by molar-refractivity contribution is -0.137. The molecule has 0 aliphatic carbocycles. The van der Waals surface area contributed by atoms with Crippen LogP contribution >= 0.6 is 11.6 Å². The van der Waals surface area contributed by atoms with Crippen LogP contribution in [0.3, 0.4) is 0 Å². The molecule has 126 valence electrons. The third kappa shape index (κ3) is 4.72. The van der Waals surface area contributed by atoms with E-state index >= 15 is 0 Å². The highest BCUT2D eigenvalue weighted by Crippen LogP contribution is 2.35. The number of piperidine rings is 1. The summed E-state index contributed by atoms with van der Waals surface area (Å²) in [6.45, 7) is 1.28. The number of amides is 1. The van der Waals surface area contributed by atoms with Crippen molar-refractivity contribution in [2.24, 2.45) is 0 Å². The van der Waals surface area contributed by atoms with Gasteiger partial charge in [0.05, 0.1) is 10.6 Å². The number of likely N-dealkylation sites (tertiary alicyclic amines) is 1. The number of carbonyl (C=O) groups excluding carboxylic acids is 1. The molecular weight excluding hydrogens is 329 g/mol. The van der Waals surface area contributed by atoms with Gasteiger partial charge in [0.2, 0.25) is 5.91 Å². The summed E-state index contributed by atoms with van der Waals surface area (Å²) in [6.07, 6.45) is -0.0778. The molecule has 0 radical (unpaired) electrons. The first-order valence-electron chi connectivity index (χ1n) is 7.32. The summed E-state index contributed by atoms with van der Waals surface area (Å²) >= 11 is 5.57. The van der Waals surface area contributed by atoms with Gasteiger partial charge in [0.15, 0.2) is 0 Å². The van der Waals surface area contributed by atoms with E-state index in [1.54, 1.807) is 4.90 Å². The Bertz CT molecular complexity index is 593. The molecule has 1 aliphatic rings. The van der Waals surface area contributed by atoms with E-state index in [1.165, 1.54) is 24.3 Å². The van der Waals surface area contributed by atoms with Crippen molar-refractivity contribution in [3.63, 3.8) is 0 Å². The maximum absolute atomic E-state index is 12.8. The molecule has 1 amide bonds. The highest BCUT2D eigenvalue weighted by molar-refractivity contribution is 6.31. The summed E-state index contributed by atoms with van der Waals surface area (Å²) in [6, 6.07) is 3.99. The van der Waals surface area contributed by atoms with Gasteiger partial charge in [-0.15, -0.1) is 0 Å². The number of rotatable bonds is 3. The second-order valence-corrected chi connectivity index (χ2v) is 5.87. The second-order valence-electron chi connectivity index (χ2n) is 5.46. The van der Waals surface area contributed by atoms with Crippen molar-refractivity contribution in [2.45, 2.75) is 25.1 Å². The van der Waals surface area contributed by atoms with E-state index in [0.29, 0.717) is 24.7 Å². The Hall–Kier alpha value is -1.53. The van der Waals surface area contributed by atoms with Crippen LogP contribution < -0.4 is 5.32 Å². The standard InChI is InChI=1S/C16H18ClF3N2O/c1-21-12-6-8-22(9-7-12)15(23)5-3-11-2-4-14(17)13(10-11)16(18,19)20/h2-5,10,12,21H,6-9H2,1H3. The van der Waals surface area contributed by atoms with Crippen LogP contribution in [0.1, 0.15) is 24.0 Å². The number of benzene rings is 1. The van der Waals surface area contributed by atoms with Gasteiger partial charge >= 0.3 is 6.18 Å². The lowest BCUT2D eigenvalue weighted by atomic mass is 10.1. The lowest BCUT2D eigenvalue weighted by Gasteiger charge is -2.31. The molecule has 23 heavy (non-hydrogen) atoms. The lowest BCUT2D eigenvalue weighted by Crippen LogP contribution is -2.43. The minimum absolute atomic E-state index is 0.192. The molecule has 1 aliphatic heterocycles. The van der Waals surface area contributed by atoms with Crippen molar-refractivity contribution >= 4 is 23.6 Å². The largest absolute Gasteiger partial charge is 0.417 e. The van der Waals surface area contributed by atoms with Gasteiger partial charge in [-0.3, -0.25) is 4.79 Å². The summed E-state index contributed by atoms with van der Waals surface area (Å²) in [5.74, 6) is -0.192. The first-order valence-corrected chi connectivity index (χ1v) is 7.70. The molecule has 0 spiro atoms. The molecule has 1 aromatic rings. The summed E-state index contributed by atoms with van der Waals surface area (Å²) in [4.78, 5) is 13.8. The first-order chi connectivity index (χ1) is 10.8. The Labute approximate surface area is 138 Å². The second kappa shape index (κ2) is 7.36. The third-order valence-electron chi connectivity index (χ3n) is 3.93. The molecule has 0 bridgehead atoms. The fourth-order valence-corrected chi connectivity index (χ4v) is 2.75. The van der Waals surface area contributed by atoms with Crippen molar-refractivity contribution in [3.05, 3.63) is 40.4 Å². The van der Waals surface area contributed by atoms with Crippen LogP contribution in [0.5, 0.6) is 0 Å². The zero-order chi connectivity index (χ0) is 17.0. The topological polar surface area (TPSA) is 32.3 Å². The molecule has 0 atom stereocenters. The molecule has 0 saturated carbocycles. The smallest absolute Gasteiger partial charge is 0.339 e. The van der Waals surface area contributed by atoms with Crippen molar-refractivity contribution < 1.29 is 18.0 Å². The van der Waals surface area contributed by atoms with Crippen LogP contribution in [0.4, 0.5) is 13.2 Å². The maximum Gasteiger partial charge on any atom is 0.417 e. The molecule has 0 aromatic heterocycles. The highest BCUT2D eigenvalue weighted by Gasteiger charge is 2.33. The number of carbonyl (C=O) groups is 1. The van der Waals surface area contributed by atoms with E-state index in [9.17, 15) is 18.0 Å². The summed E-state index contributed by atoms with van der Waals surface area (Å²) in [5.41, 5.74) is -0.608. The quantitative estimate of drug-likeness (QED) is 0.848. The van der Waals surface area contributed by atoms with Crippen molar-refractivity contribution in [2.75, 3.05) is 20.1 Å². The number of nitrogens with one attached hydrogen (secondary N) is 1. The van der Waals surface area contributed by atoms with Crippen LogP contribution in [0.15, 0.2) is 24.3 Å². The summed E-state index contributed by atoms with van der Waals surface area (Å²) in [7, 11) is 1.89. The predicted octanol–water partition coefficient (Wildman–Crippen LogP) is 3.58. The third-order valence-corrected chi connectivity index (χ3v) is 4.26. The summed E-state index contributed by atoms with van der Waals surface area (Å²) in [5, 5.41) is 2.82. The SMILES string of the molecule is CNC1CCN(C(=O)C=Cc2ccc(Cl)c(C(F)(F)F)c2)CC1. The van der Waals surface area contributed by atoms with Crippen LogP contribution in [0.25, 0.3) is 6.08 Å². The Balaban J connectivity index is 2.04. The molecule has 7 heteroatoms. The van der Waals surface area contributed by atoms with Gasteiger partial charge in [-0.25, -0.2) is 0 Å². The normalized spacial score (nSPS) is 17.0. The molecule has 1 N–H and O–H groups in total. The zero-order valence-electron chi connectivity index (χ0n) is 12.7. The molecule has 1 saturated heterocycles. The first kappa shape index (κ1) is 17.8. The molecule has 2 rings (SSSR count). The molecule has 0 unspecified atom stereocenters. The van der Waals surface area contributed by atoms with Gasteiger partial charge < -0.3 is 10.2 Å². The van der Waals surface area contributed by atoms with Crippen molar-refractivity contribution in [1.82, 2.24) is 10.2 Å². The van der Waals surface area contributed by atoms with Crippen LogP contribution in [-0.4, -0.2) is 37.0 Å². The van der Waals surface area contributed by atoms with E-state index in [-0.39, 0.29) is 10.9 Å². The Kier molecular flexibility index (Phi) is 5.70.